The van der Waals surface area contributed by atoms with E-state index in [0.717, 1.165) is 17.4 Å². The van der Waals surface area contributed by atoms with E-state index < -0.39 is 36.2 Å². The van der Waals surface area contributed by atoms with E-state index >= 15 is 0 Å². The zero-order valence-electron chi connectivity index (χ0n) is 16.7. The van der Waals surface area contributed by atoms with Gasteiger partial charge in [0, 0.05) is 6.54 Å². The number of hydrogen-bond donors (Lipinski definition) is 3. The monoisotopic (exact) mass is 482 g/mol. The third kappa shape index (κ3) is 5.48. The minimum Gasteiger partial charge on any atom is -0.387 e. The molecule has 2 amide bonds. The summed E-state index contributed by atoms with van der Waals surface area (Å²) in [5.41, 5.74) is -0.445. The van der Waals surface area contributed by atoms with Crippen LogP contribution in [0.4, 0.5) is 18.2 Å². The Labute approximate surface area is 190 Å². The molecule has 2 aromatic carbocycles. The zero-order valence-corrected chi connectivity index (χ0v) is 18.2. The molecule has 0 saturated carbocycles. The average molecular weight is 483 g/mol. The number of nitrogens with one attached hydrogen (secondary N) is 2. The van der Waals surface area contributed by atoms with Crippen LogP contribution < -0.4 is 10.6 Å². The fraction of sp³-hybridized carbons (Fsp3) is 0.182. The third-order valence-electron chi connectivity index (χ3n) is 4.56. The molecule has 0 spiro atoms. The highest BCUT2D eigenvalue weighted by Gasteiger charge is 2.34. The van der Waals surface area contributed by atoms with E-state index in [-0.39, 0.29) is 21.0 Å². The highest BCUT2D eigenvalue weighted by molar-refractivity contribution is 7.18. The molecule has 0 radical (unpaired) electrons. The molecule has 1 unspecified atom stereocenters. The smallest absolute Gasteiger partial charge is 0.387 e. The summed E-state index contributed by atoms with van der Waals surface area (Å²) in [5, 5.41) is 16.0. The van der Waals surface area contributed by atoms with Crippen LogP contribution in [0.15, 0.2) is 54.6 Å². The van der Waals surface area contributed by atoms with Crippen molar-refractivity contribution in [3.05, 3.63) is 86.8 Å². The fourth-order valence-electron chi connectivity index (χ4n) is 3.02. The number of aryl methyl sites for hydroxylation is 1. The lowest BCUT2D eigenvalue weighted by molar-refractivity contribution is -0.139. The van der Waals surface area contributed by atoms with E-state index in [0.29, 0.717) is 10.6 Å². The molecule has 3 N–H and O–H groups in total. The quantitative estimate of drug-likeness (QED) is 0.437. The predicted molar refractivity (Wildman–Crippen MR) is 117 cm³/mol. The number of carbonyl (C=O) groups is 2. The van der Waals surface area contributed by atoms with Crippen LogP contribution in [0.25, 0.3) is 0 Å². The van der Waals surface area contributed by atoms with Gasteiger partial charge < -0.3 is 15.7 Å². The van der Waals surface area contributed by atoms with Crippen molar-refractivity contribution in [2.24, 2.45) is 0 Å². The Hall–Kier alpha value is -2.88. The number of thiophene rings is 1. The van der Waals surface area contributed by atoms with Crippen molar-refractivity contribution in [2.45, 2.75) is 19.2 Å². The average Bonchev–Trinajstić information content (AvgIpc) is 3.11. The maximum atomic E-state index is 13.1. The molecular formula is C22H18ClF3N2O3S. The fourth-order valence-corrected chi connectivity index (χ4v) is 4.22. The van der Waals surface area contributed by atoms with Gasteiger partial charge in [-0.2, -0.15) is 13.2 Å². The number of benzene rings is 2. The Morgan fingerprint density at radius 1 is 1.09 bits per heavy atom. The summed E-state index contributed by atoms with van der Waals surface area (Å²) in [4.78, 5) is 25.2. The minimum absolute atomic E-state index is 0.260. The zero-order chi connectivity index (χ0) is 23.5. The second-order valence-corrected chi connectivity index (χ2v) is 8.33. The normalized spacial score (nSPS) is 12.3. The summed E-state index contributed by atoms with van der Waals surface area (Å²) in [7, 11) is 0. The number of aliphatic hydroxyl groups excluding tert-OH is 1. The van der Waals surface area contributed by atoms with Gasteiger partial charge in [-0.3, -0.25) is 9.59 Å². The molecule has 0 fully saturated rings. The summed E-state index contributed by atoms with van der Waals surface area (Å²) >= 11 is 7.02. The van der Waals surface area contributed by atoms with E-state index in [9.17, 15) is 27.9 Å². The Morgan fingerprint density at radius 3 is 2.44 bits per heavy atom. The van der Waals surface area contributed by atoms with E-state index in [4.69, 9.17) is 11.6 Å². The van der Waals surface area contributed by atoms with Crippen molar-refractivity contribution in [1.29, 1.82) is 0 Å². The molecule has 0 bridgehead atoms. The first-order valence-corrected chi connectivity index (χ1v) is 10.6. The second kappa shape index (κ2) is 9.72. The van der Waals surface area contributed by atoms with Gasteiger partial charge in [-0.25, -0.2) is 0 Å². The van der Waals surface area contributed by atoms with E-state index in [1.54, 1.807) is 37.3 Å². The molecule has 0 aliphatic carbocycles. The summed E-state index contributed by atoms with van der Waals surface area (Å²) in [5.74, 6) is -1.02. The molecule has 0 aliphatic heterocycles. The molecule has 3 rings (SSSR count). The molecule has 1 atom stereocenters. The molecule has 10 heteroatoms. The standard InChI is InChI=1S/C22H18ClF3N2O3S/c1-12-10-18(28-20(30)14-7-3-5-9-16(14)23)32-19(12)21(31)27-11-17(29)13-6-2-4-8-15(13)22(24,25)26/h2-10,17,29H,11H2,1H3,(H,27,31)(H,28,30). The lowest BCUT2D eigenvalue weighted by Crippen LogP contribution is -2.29. The Balaban J connectivity index is 1.67. The summed E-state index contributed by atoms with van der Waals surface area (Å²) in [6, 6.07) is 12.8. The minimum atomic E-state index is -4.62. The second-order valence-electron chi connectivity index (χ2n) is 6.87. The molecule has 1 aromatic heterocycles. The number of halogens is 4. The largest absolute Gasteiger partial charge is 0.416 e. The first-order chi connectivity index (χ1) is 15.1. The topological polar surface area (TPSA) is 78.4 Å². The number of alkyl halides is 3. The van der Waals surface area contributed by atoms with Crippen LogP contribution in [0, 0.1) is 6.92 Å². The van der Waals surface area contributed by atoms with Gasteiger partial charge in [-0.15, -0.1) is 11.3 Å². The van der Waals surface area contributed by atoms with Crippen LogP contribution in [-0.4, -0.2) is 23.5 Å². The van der Waals surface area contributed by atoms with E-state index in [1.807, 2.05) is 0 Å². The summed E-state index contributed by atoms with van der Waals surface area (Å²) < 4.78 is 39.4. The molecule has 5 nitrogen and oxygen atoms in total. The first-order valence-electron chi connectivity index (χ1n) is 9.36. The number of anilines is 1. The molecular weight excluding hydrogens is 465 g/mol. The molecule has 1 heterocycles. The lowest BCUT2D eigenvalue weighted by atomic mass is 10.0. The van der Waals surface area contributed by atoms with Crippen molar-refractivity contribution < 1.29 is 27.9 Å². The van der Waals surface area contributed by atoms with Crippen molar-refractivity contribution in [2.75, 3.05) is 11.9 Å². The van der Waals surface area contributed by atoms with Gasteiger partial charge in [-0.1, -0.05) is 41.9 Å². The number of hydrogen-bond acceptors (Lipinski definition) is 4. The van der Waals surface area contributed by atoms with Gasteiger partial charge in [-0.05, 0) is 42.3 Å². The maximum absolute atomic E-state index is 13.1. The van der Waals surface area contributed by atoms with Crippen molar-refractivity contribution >= 4 is 39.8 Å². The first kappa shape index (κ1) is 23.8. The Morgan fingerprint density at radius 2 is 1.75 bits per heavy atom. The number of aliphatic hydroxyl groups is 1. The number of carbonyl (C=O) groups excluding carboxylic acids is 2. The van der Waals surface area contributed by atoms with Gasteiger partial charge >= 0.3 is 6.18 Å². The van der Waals surface area contributed by atoms with Gasteiger partial charge in [0.15, 0.2) is 0 Å². The van der Waals surface area contributed by atoms with Gasteiger partial charge in [0.05, 0.1) is 32.1 Å². The number of rotatable bonds is 6. The molecule has 32 heavy (non-hydrogen) atoms. The van der Waals surface area contributed by atoms with Gasteiger partial charge in [0.2, 0.25) is 0 Å². The summed E-state index contributed by atoms with van der Waals surface area (Å²) in [6.07, 6.45) is -6.17. The van der Waals surface area contributed by atoms with Crippen molar-refractivity contribution in [3.63, 3.8) is 0 Å². The van der Waals surface area contributed by atoms with Gasteiger partial charge in [0.1, 0.15) is 0 Å². The predicted octanol–water partition coefficient (Wildman–Crippen LogP) is 5.44. The van der Waals surface area contributed by atoms with Gasteiger partial charge in [0.25, 0.3) is 11.8 Å². The van der Waals surface area contributed by atoms with Crippen molar-refractivity contribution in [1.82, 2.24) is 5.32 Å². The third-order valence-corrected chi connectivity index (χ3v) is 6.04. The molecule has 0 aliphatic rings. The van der Waals surface area contributed by atoms with Crippen LogP contribution in [-0.2, 0) is 6.18 Å². The van der Waals surface area contributed by atoms with Crippen LogP contribution in [0.1, 0.15) is 42.8 Å². The Kier molecular flexibility index (Phi) is 7.22. The summed E-state index contributed by atoms with van der Waals surface area (Å²) in [6.45, 7) is 1.25. The SMILES string of the molecule is Cc1cc(NC(=O)c2ccccc2Cl)sc1C(=O)NCC(O)c1ccccc1C(F)(F)F. The van der Waals surface area contributed by atoms with Crippen LogP contribution in [0.5, 0.6) is 0 Å². The van der Waals surface area contributed by atoms with E-state index in [1.165, 1.54) is 18.2 Å². The van der Waals surface area contributed by atoms with Crippen LogP contribution in [0.3, 0.4) is 0 Å². The lowest BCUT2D eigenvalue weighted by Gasteiger charge is -2.17. The maximum Gasteiger partial charge on any atom is 0.416 e. The van der Waals surface area contributed by atoms with E-state index in [2.05, 4.69) is 10.6 Å². The Bertz CT molecular complexity index is 1150. The number of amides is 2. The highest BCUT2D eigenvalue weighted by Crippen LogP contribution is 2.34. The van der Waals surface area contributed by atoms with Crippen molar-refractivity contribution in [3.8, 4) is 0 Å². The molecule has 3 aromatic rings. The molecule has 168 valence electrons. The molecule has 0 saturated heterocycles. The van der Waals surface area contributed by atoms with Crippen LogP contribution >= 0.6 is 22.9 Å². The highest BCUT2D eigenvalue weighted by atomic mass is 35.5. The van der Waals surface area contributed by atoms with Crippen LogP contribution in [0.2, 0.25) is 5.02 Å².